The number of carbonyl (C=O) groups is 1. The second-order valence-electron chi connectivity index (χ2n) is 8.63. The molecule has 0 saturated carbocycles. The Bertz CT molecular complexity index is 1000. The van der Waals surface area contributed by atoms with Crippen molar-refractivity contribution in [3.63, 3.8) is 0 Å². The van der Waals surface area contributed by atoms with Gasteiger partial charge in [-0.25, -0.2) is 4.79 Å². The molecule has 2 aromatic rings. The number of urea groups is 1. The molecule has 2 aromatic carbocycles. The highest BCUT2D eigenvalue weighted by atomic mass is 16.5. The molecular weight excluding hydrogens is 404 g/mol. The summed E-state index contributed by atoms with van der Waals surface area (Å²) in [6.45, 7) is 7.63. The third kappa shape index (κ3) is 5.15. The lowest BCUT2D eigenvalue weighted by Gasteiger charge is -2.22. The van der Waals surface area contributed by atoms with Crippen LogP contribution in [0.15, 0.2) is 35.4 Å². The molecule has 32 heavy (non-hydrogen) atoms. The lowest BCUT2D eigenvalue weighted by Crippen LogP contribution is -2.31. The molecule has 2 amide bonds. The van der Waals surface area contributed by atoms with Gasteiger partial charge in [-0.05, 0) is 47.7 Å². The number of anilines is 1. The fraction of sp³-hybridized carbons (Fsp3) is 0.440. The van der Waals surface area contributed by atoms with Gasteiger partial charge in [-0.1, -0.05) is 19.9 Å². The predicted octanol–water partition coefficient (Wildman–Crippen LogP) is 4.81. The van der Waals surface area contributed by atoms with Gasteiger partial charge in [0.25, 0.3) is 0 Å². The summed E-state index contributed by atoms with van der Waals surface area (Å²) in [5.41, 5.74) is 5.09. The van der Waals surface area contributed by atoms with Crippen molar-refractivity contribution in [1.82, 2.24) is 9.91 Å². The first-order valence-corrected chi connectivity index (χ1v) is 10.9. The van der Waals surface area contributed by atoms with E-state index in [1.165, 1.54) is 0 Å². The minimum absolute atomic E-state index is 0.176. The Kier molecular flexibility index (Phi) is 7.28. The van der Waals surface area contributed by atoms with E-state index < -0.39 is 0 Å². The van der Waals surface area contributed by atoms with Gasteiger partial charge in [-0.3, -0.25) is 5.01 Å². The molecule has 1 atom stereocenters. The second-order valence-corrected chi connectivity index (χ2v) is 8.63. The van der Waals surface area contributed by atoms with Crippen molar-refractivity contribution in [2.45, 2.75) is 39.2 Å². The molecule has 7 nitrogen and oxygen atoms in total. The van der Waals surface area contributed by atoms with Crippen LogP contribution in [-0.2, 0) is 6.54 Å². The molecule has 0 radical (unpaired) electrons. The van der Waals surface area contributed by atoms with Gasteiger partial charge in [0.15, 0.2) is 0 Å². The minimum atomic E-state index is -0.178. The molecule has 1 heterocycles. The van der Waals surface area contributed by atoms with Gasteiger partial charge in [-0.15, -0.1) is 0 Å². The van der Waals surface area contributed by atoms with Crippen LogP contribution < -0.4 is 14.8 Å². The minimum Gasteiger partial charge on any atom is -0.496 e. The van der Waals surface area contributed by atoms with Crippen molar-refractivity contribution < 1.29 is 14.3 Å². The maximum absolute atomic E-state index is 12.9. The van der Waals surface area contributed by atoms with E-state index in [-0.39, 0.29) is 11.9 Å². The number of hydrogen-bond acceptors (Lipinski definition) is 5. The van der Waals surface area contributed by atoms with E-state index in [2.05, 4.69) is 30.3 Å². The molecule has 7 heteroatoms. The number of carbonyl (C=O) groups excluding carboxylic acids is 1. The van der Waals surface area contributed by atoms with Crippen molar-refractivity contribution in [2.24, 2.45) is 5.10 Å². The van der Waals surface area contributed by atoms with Crippen LogP contribution >= 0.6 is 0 Å². The summed E-state index contributed by atoms with van der Waals surface area (Å²) in [6, 6.07) is 9.77. The first-order valence-electron chi connectivity index (χ1n) is 10.9. The molecule has 3 rings (SSSR count). The van der Waals surface area contributed by atoms with Crippen molar-refractivity contribution in [1.29, 1.82) is 0 Å². The summed E-state index contributed by atoms with van der Waals surface area (Å²) in [4.78, 5) is 14.6. The number of hydrogen-bond donors (Lipinski definition) is 1. The number of hydrazone groups is 1. The van der Waals surface area contributed by atoms with Crippen LogP contribution in [0.1, 0.15) is 47.9 Å². The Labute approximate surface area is 191 Å². The number of ether oxygens (including phenoxy) is 2. The third-order valence-corrected chi connectivity index (χ3v) is 5.85. The number of rotatable bonds is 7. The van der Waals surface area contributed by atoms with Crippen LogP contribution in [0.5, 0.6) is 11.5 Å². The van der Waals surface area contributed by atoms with E-state index in [4.69, 9.17) is 9.47 Å². The van der Waals surface area contributed by atoms with Gasteiger partial charge in [0, 0.05) is 56.6 Å². The lowest BCUT2D eigenvalue weighted by atomic mass is 9.96. The SMILES string of the molecule is COc1cc(C)c(CN(C)C(=O)Nc2ccc(C3C=NN(C)C3)c(OC)c2)cc1C(C)C. The van der Waals surface area contributed by atoms with Gasteiger partial charge < -0.3 is 19.7 Å². The molecule has 1 aliphatic rings. The molecule has 172 valence electrons. The quantitative estimate of drug-likeness (QED) is 0.673. The van der Waals surface area contributed by atoms with E-state index in [1.54, 1.807) is 26.2 Å². The van der Waals surface area contributed by atoms with Crippen LogP contribution in [0.2, 0.25) is 0 Å². The normalized spacial score (nSPS) is 15.2. The van der Waals surface area contributed by atoms with Crippen molar-refractivity contribution >= 4 is 17.9 Å². The number of aryl methyl sites for hydroxylation is 1. The number of nitrogens with zero attached hydrogens (tertiary/aromatic N) is 3. The topological polar surface area (TPSA) is 66.4 Å². The third-order valence-electron chi connectivity index (χ3n) is 5.85. The summed E-state index contributed by atoms with van der Waals surface area (Å²) >= 11 is 0. The number of nitrogens with one attached hydrogen (secondary N) is 1. The zero-order chi connectivity index (χ0) is 23.4. The average Bonchev–Trinajstić information content (AvgIpc) is 3.20. The number of methoxy groups -OCH3 is 2. The summed E-state index contributed by atoms with van der Waals surface area (Å²) in [6.07, 6.45) is 1.92. The molecule has 1 unspecified atom stereocenters. The van der Waals surface area contributed by atoms with Crippen LogP contribution in [0.25, 0.3) is 0 Å². The van der Waals surface area contributed by atoms with Gasteiger partial charge in [0.05, 0.1) is 14.2 Å². The Balaban J connectivity index is 1.72. The monoisotopic (exact) mass is 438 g/mol. The van der Waals surface area contributed by atoms with Crippen molar-refractivity contribution in [3.05, 3.63) is 52.6 Å². The lowest BCUT2D eigenvalue weighted by molar-refractivity contribution is 0.220. The molecule has 1 aliphatic heterocycles. The van der Waals surface area contributed by atoms with Crippen molar-refractivity contribution in [3.8, 4) is 11.5 Å². The molecule has 0 aliphatic carbocycles. The standard InChI is InChI=1S/C25H34N4O3/c1-16(2)22-11-18(17(3)10-23(22)31-6)14-28(4)25(30)27-20-8-9-21(24(12-20)32-7)19-13-26-29(5)15-19/h8-13,16,19H,14-15H2,1-7H3,(H,27,30). The van der Waals surface area contributed by atoms with Gasteiger partial charge in [0.2, 0.25) is 0 Å². The first kappa shape index (κ1) is 23.4. The Morgan fingerprint density at radius 3 is 2.53 bits per heavy atom. The van der Waals surface area contributed by atoms with Crippen LogP contribution in [0.3, 0.4) is 0 Å². The molecule has 0 saturated heterocycles. The van der Waals surface area contributed by atoms with Crippen LogP contribution in [-0.4, -0.2) is 57.0 Å². The summed E-state index contributed by atoms with van der Waals surface area (Å²) < 4.78 is 11.1. The highest BCUT2D eigenvalue weighted by Gasteiger charge is 2.21. The first-order chi connectivity index (χ1) is 15.2. The molecule has 0 aromatic heterocycles. The maximum atomic E-state index is 12.9. The highest BCUT2D eigenvalue weighted by molar-refractivity contribution is 5.89. The molecular formula is C25H34N4O3. The zero-order valence-electron chi connectivity index (χ0n) is 20.1. The maximum Gasteiger partial charge on any atom is 0.321 e. The number of benzene rings is 2. The summed E-state index contributed by atoms with van der Waals surface area (Å²) in [7, 11) is 7.08. The highest BCUT2D eigenvalue weighted by Crippen LogP contribution is 2.32. The van der Waals surface area contributed by atoms with Crippen molar-refractivity contribution in [2.75, 3.05) is 40.2 Å². The van der Waals surface area contributed by atoms with Gasteiger partial charge in [0.1, 0.15) is 11.5 Å². The Morgan fingerprint density at radius 1 is 1.22 bits per heavy atom. The molecule has 0 fully saturated rings. The average molecular weight is 439 g/mol. The van der Waals surface area contributed by atoms with Gasteiger partial charge >= 0.3 is 6.03 Å². The number of likely N-dealkylation sites (N-methyl/N-ethyl adjacent to an activating group) is 1. The van der Waals surface area contributed by atoms with Crippen LogP contribution in [0.4, 0.5) is 10.5 Å². The fourth-order valence-electron chi connectivity index (χ4n) is 3.94. The molecule has 1 N–H and O–H groups in total. The largest absolute Gasteiger partial charge is 0.496 e. The van der Waals surface area contributed by atoms with E-state index in [0.717, 1.165) is 40.3 Å². The zero-order valence-corrected chi connectivity index (χ0v) is 20.1. The van der Waals surface area contributed by atoms with Gasteiger partial charge in [-0.2, -0.15) is 5.10 Å². The smallest absolute Gasteiger partial charge is 0.321 e. The molecule has 0 bridgehead atoms. The van der Waals surface area contributed by atoms with E-state index >= 15 is 0 Å². The number of amides is 2. The Morgan fingerprint density at radius 2 is 1.94 bits per heavy atom. The molecule has 0 spiro atoms. The van der Waals surface area contributed by atoms with Crippen LogP contribution in [0, 0.1) is 6.92 Å². The summed E-state index contributed by atoms with van der Waals surface area (Å²) in [5.74, 6) is 2.14. The summed E-state index contributed by atoms with van der Waals surface area (Å²) in [5, 5.41) is 9.19. The Hall–Kier alpha value is -3.22. The van der Waals surface area contributed by atoms with E-state index in [1.807, 2.05) is 49.5 Å². The predicted molar refractivity (Wildman–Crippen MR) is 129 cm³/mol. The fourth-order valence-corrected chi connectivity index (χ4v) is 3.94. The van der Waals surface area contributed by atoms with E-state index in [9.17, 15) is 4.79 Å². The van der Waals surface area contributed by atoms with E-state index in [0.29, 0.717) is 18.2 Å². The second kappa shape index (κ2) is 9.94.